The highest BCUT2D eigenvalue weighted by atomic mass is 16.5. The van der Waals surface area contributed by atoms with E-state index in [4.69, 9.17) is 4.74 Å². The molecule has 0 radical (unpaired) electrons. The Labute approximate surface area is 127 Å². The van der Waals surface area contributed by atoms with Gasteiger partial charge in [-0.05, 0) is 23.8 Å². The number of benzene rings is 1. The van der Waals surface area contributed by atoms with Crippen LogP contribution in [0.1, 0.15) is 16.2 Å². The molecule has 3 rings (SSSR count). The number of nitrogens with zero attached hydrogens (tertiary/aromatic N) is 2. The third-order valence-electron chi connectivity index (χ3n) is 3.22. The summed E-state index contributed by atoms with van der Waals surface area (Å²) in [6, 6.07) is 7.68. The van der Waals surface area contributed by atoms with Crippen molar-refractivity contribution in [2.45, 2.75) is 6.54 Å². The lowest BCUT2D eigenvalue weighted by Gasteiger charge is -2.19. The fourth-order valence-corrected chi connectivity index (χ4v) is 2.13. The van der Waals surface area contributed by atoms with Crippen molar-refractivity contribution in [1.29, 1.82) is 0 Å². The van der Waals surface area contributed by atoms with Crippen molar-refractivity contribution in [2.75, 3.05) is 30.9 Å². The molecule has 0 atom stereocenters. The largest absolute Gasteiger partial charge is 0.490 e. The van der Waals surface area contributed by atoms with Crippen molar-refractivity contribution >= 4 is 17.5 Å². The maximum absolute atomic E-state index is 11.4. The van der Waals surface area contributed by atoms with Crippen LogP contribution in [0.5, 0.6) is 5.75 Å². The summed E-state index contributed by atoms with van der Waals surface area (Å²) < 4.78 is 10.2. The van der Waals surface area contributed by atoms with Gasteiger partial charge in [0, 0.05) is 19.3 Å². The SMILES string of the molecule is COC(=O)c1nccc(NCc2ccc3c(c2)OCCN3)n1. The van der Waals surface area contributed by atoms with E-state index in [1.54, 1.807) is 6.07 Å². The molecule has 1 aromatic heterocycles. The minimum Gasteiger partial charge on any atom is -0.490 e. The number of hydrogen-bond acceptors (Lipinski definition) is 7. The predicted octanol–water partition coefficient (Wildman–Crippen LogP) is 1.68. The van der Waals surface area contributed by atoms with Crippen LogP contribution in [0, 0.1) is 0 Å². The fraction of sp³-hybridized carbons (Fsp3) is 0.267. The molecule has 0 saturated heterocycles. The van der Waals surface area contributed by atoms with E-state index in [1.807, 2.05) is 18.2 Å². The van der Waals surface area contributed by atoms with Gasteiger partial charge in [-0.25, -0.2) is 14.8 Å². The van der Waals surface area contributed by atoms with Crippen LogP contribution < -0.4 is 15.4 Å². The van der Waals surface area contributed by atoms with Gasteiger partial charge in [-0.1, -0.05) is 6.07 Å². The number of methoxy groups -OCH3 is 1. The summed E-state index contributed by atoms with van der Waals surface area (Å²) in [6.45, 7) is 2.05. The second-order valence-electron chi connectivity index (χ2n) is 4.72. The molecule has 1 aliphatic rings. The molecule has 2 heterocycles. The molecule has 0 spiro atoms. The number of rotatable bonds is 4. The normalized spacial score (nSPS) is 12.6. The number of carbonyl (C=O) groups is 1. The van der Waals surface area contributed by atoms with Crippen LogP contribution in [0.15, 0.2) is 30.5 Å². The minimum absolute atomic E-state index is 0.0328. The van der Waals surface area contributed by atoms with Gasteiger partial charge in [-0.15, -0.1) is 0 Å². The number of aromatic nitrogens is 2. The molecule has 0 unspecified atom stereocenters. The van der Waals surface area contributed by atoms with Crippen LogP contribution in [0.25, 0.3) is 0 Å². The highest BCUT2D eigenvalue weighted by molar-refractivity contribution is 5.85. The van der Waals surface area contributed by atoms with Gasteiger partial charge in [0.1, 0.15) is 18.2 Å². The first-order chi connectivity index (χ1) is 10.8. The third-order valence-corrected chi connectivity index (χ3v) is 3.22. The maximum Gasteiger partial charge on any atom is 0.376 e. The first kappa shape index (κ1) is 14.1. The van der Waals surface area contributed by atoms with E-state index in [2.05, 4.69) is 25.3 Å². The third kappa shape index (κ3) is 3.08. The molecule has 22 heavy (non-hydrogen) atoms. The maximum atomic E-state index is 11.4. The molecule has 7 heteroatoms. The monoisotopic (exact) mass is 300 g/mol. The molecule has 2 aromatic rings. The second kappa shape index (κ2) is 6.30. The number of anilines is 2. The molecule has 0 aliphatic carbocycles. The van der Waals surface area contributed by atoms with E-state index in [0.29, 0.717) is 19.0 Å². The van der Waals surface area contributed by atoms with Crippen molar-refractivity contribution in [3.8, 4) is 5.75 Å². The van der Waals surface area contributed by atoms with Crippen molar-refractivity contribution < 1.29 is 14.3 Å². The Balaban J connectivity index is 1.68. The van der Waals surface area contributed by atoms with E-state index < -0.39 is 5.97 Å². The van der Waals surface area contributed by atoms with Gasteiger partial charge in [0.2, 0.25) is 5.82 Å². The second-order valence-corrected chi connectivity index (χ2v) is 4.72. The van der Waals surface area contributed by atoms with Gasteiger partial charge in [-0.2, -0.15) is 0 Å². The number of nitrogens with one attached hydrogen (secondary N) is 2. The fourth-order valence-electron chi connectivity index (χ4n) is 2.13. The number of carbonyl (C=O) groups excluding carboxylic acids is 1. The van der Waals surface area contributed by atoms with Gasteiger partial charge in [-0.3, -0.25) is 0 Å². The molecule has 114 valence electrons. The van der Waals surface area contributed by atoms with Crippen molar-refractivity contribution in [3.05, 3.63) is 41.9 Å². The van der Waals surface area contributed by atoms with E-state index in [-0.39, 0.29) is 5.82 Å². The van der Waals surface area contributed by atoms with Gasteiger partial charge >= 0.3 is 5.97 Å². The number of ether oxygens (including phenoxy) is 2. The molecule has 0 fully saturated rings. The smallest absolute Gasteiger partial charge is 0.376 e. The summed E-state index contributed by atoms with van der Waals surface area (Å²) in [6.07, 6.45) is 1.52. The predicted molar refractivity (Wildman–Crippen MR) is 81.1 cm³/mol. The summed E-state index contributed by atoms with van der Waals surface area (Å²) in [4.78, 5) is 19.4. The zero-order chi connectivity index (χ0) is 15.4. The van der Waals surface area contributed by atoms with Gasteiger partial charge < -0.3 is 20.1 Å². The lowest BCUT2D eigenvalue weighted by Crippen LogP contribution is -2.18. The van der Waals surface area contributed by atoms with E-state index in [9.17, 15) is 4.79 Å². The van der Waals surface area contributed by atoms with Crippen LogP contribution in [-0.2, 0) is 11.3 Å². The Bertz CT molecular complexity index is 690. The minimum atomic E-state index is -0.558. The molecular formula is C15H16N4O3. The summed E-state index contributed by atoms with van der Waals surface area (Å²) in [5.41, 5.74) is 2.06. The molecular weight excluding hydrogens is 284 g/mol. The molecule has 0 saturated carbocycles. The quantitative estimate of drug-likeness (QED) is 0.831. The van der Waals surface area contributed by atoms with Crippen molar-refractivity contribution in [3.63, 3.8) is 0 Å². The Morgan fingerprint density at radius 1 is 1.45 bits per heavy atom. The van der Waals surface area contributed by atoms with E-state index in [0.717, 1.165) is 23.5 Å². The lowest BCUT2D eigenvalue weighted by atomic mass is 10.1. The Hall–Kier alpha value is -2.83. The molecule has 0 bridgehead atoms. The molecule has 1 aliphatic heterocycles. The first-order valence-corrected chi connectivity index (χ1v) is 6.91. The first-order valence-electron chi connectivity index (χ1n) is 6.91. The van der Waals surface area contributed by atoms with E-state index >= 15 is 0 Å². The Kier molecular flexibility index (Phi) is 4.04. The topological polar surface area (TPSA) is 85.4 Å². The summed E-state index contributed by atoms with van der Waals surface area (Å²) in [5, 5.41) is 6.42. The zero-order valence-electron chi connectivity index (χ0n) is 12.1. The van der Waals surface area contributed by atoms with Crippen LogP contribution in [0.2, 0.25) is 0 Å². The summed E-state index contributed by atoms with van der Waals surface area (Å²) in [7, 11) is 1.30. The lowest BCUT2D eigenvalue weighted by molar-refractivity contribution is 0.0587. The van der Waals surface area contributed by atoms with Gasteiger partial charge in [0.15, 0.2) is 0 Å². The standard InChI is InChI=1S/C15H16N4O3/c1-21-15(20)14-17-5-4-13(19-14)18-9-10-2-3-11-12(8-10)22-7-6-16-11/h2-5,8,16H,6-7,9H2,1H3,(H,17,18,19). The van der Waals surface area contributed by atoms with Crippen molar-refractivity contribution in [1.82, 2.24) is 9.97 Å². The Morgan fingerprint density at radius 3 is 3.23 bits per heavy atom. The van der Waals surface area contributed by atoms with Crippen LogP contribution in [-0.4, -0.2) is 36.2 Å². The summed E-state index contributed by atoms with van der Waals surface area (Å²) in [5.74, 6) is 0.887. The van der Waals surface area contributed by atoms with Crippen molar-refractivity contribution in [2.24, 2.45) is 0 Å². The summed E-state index contributed by atoms with van der Waals surface area (Å²) >= 11 is 0. The van der Waals surface area contributed by atoms with Crippen LogP contribution >= 0.6 is 0 Å². The Morgan fingerprint density at radius 2 is 2.36 bits per heavy atom. The highest BCUT2D eigenvalue weighted by Gasteiger charge is 2.11. The van der Waals surface area contributed by atoms with Crippen LogP contribution in [0.3, 0.4) is 0 Å². The number of fused-ring (bicyclic) bond motifs is 1. The molecule has 1 aromatic carbocycles. The zero-order valence-corrected chi connectivity index (χ0v) is 12.1. The van der Waals surface area contributed by atoms with Gasteiger partial charge in [0.25, 0.3) is 0 Å². The van der Waals surface area contributed by atoms with E-state index in [1.165, 1.54) is 13.3 Å². The molecule has 7 nitrogen and oxygen atoms in total. The average Bonchev–Trinajstić information content (AvgIpc) is 2.59. The highest BCUT2D eigenvalue weighted by Crippen LogP contribution is 2.28. The van der Waals surface area contributed by atoms with Gasteiger partial charge in [0.05, 0.1) is 12.8 Å². The average molecular weight is 300 g/mol. The molecule has 0 amide bonds. The van der Waals surface area contributed by atoms with Crippen LogP contribution in [0.4, 0.5) is 11.5 Å². The molecule has 2 N–H and O–H groups in total. The number of esters is 1. The number of hydrogen-bond donors (Lipinski definition) is 2.